The van der Waals surface area contributed by atoms with E-state index >= 15 is 0 Å². The molecule has 2 atom stereocenters. The van der Waals surface area contributed by atoms with Gasteiger partial charge in [0.15, 0.2) is 0 Å². The minimum atomic E-state index is 0.186. The number of morpholine rings is 1. The van der Waals surface area contributed by atoms with Gasteiger partial charge in [-0.1, -0.05) is 19.3 Å². The predicted molar refractivity (Wildman–Crippen MR) is 75.3 cm³/mol. The van der Waals surface area contributed by atoms with Gasteiger partial charge in [-0.3, -0.25) is 4.90 Å². The summed E-state index contributed by atoms with van der Waals surface area (Å²) in [6.45, 7) is 6.75. The Bertz CT molecular complexity index is 429. The van der Waals surface area contributed by atoms with Crippen LogP contribution in [0.1, 0.15) is 56.9 Å². The largest absolute Gasteiger partial charge is 0.424 e. The van der Waals surface area contributed by atoms with Crippen LogP contribution in [0.5, 0.6) is 0 Å². The van der Waals surface area contributed by atoms with Crippen LogP contribution >= 0.6 is 0 Å². The molecule has 112 valence electrons. The first-order valence-corrected chi connectivity index (χ1v) is 7.89. The molecule has 0 amide bonds. The zero-order valence-electron chi connectivity index (χ0n) is 12.5. The van der Waals surface area contributed by atoms with Gasteiger partial charge in [-0.25, -0.2) is 0 Å². The highest BCUT2D eigenvalue weighted by atomic mass is 16.5. The van der Waals surface area contributed by atoms with E-state index in [9.17, 15) is 0 Å². The second kappa shape index (κ2) is 6.22. The van der Waals surface area contributed by atoms with Gasteiger partial charge in [0.1, 0.15) is 0 Å². The second-order valence-electron chi connectivity index (χ2n) is 6.14. The van der Waals surface area contributed by atoms with Crippen LogP contribution < -0.4 is 0 Å². The summed E-state index contributed by atoms with van der Waals surface area (Å²) in [7, 11) is 0. The van der Waals surface area contributed by atoms with Gasteiger partial charge in [-0.05, 0) is 25.7 Å². The zero-order chi connectivity index (χ0) is 13.9. The number of rotatable bonds is 3. The van der Waals surface area contributed by atoms with Crippen LogP contribution in [-0.2, 0) is 4.74 Å². The maximum absolute atomic E-state index is 6.03. The minimum Gasteiger partial charge on any atom is -0.424 e. The quantitative estimate of drug-likeness (QED) is 0.851. The average molecular weight is 279 g/mol. The summed E-state index contributed by atoms with van der Waals surface area (Å²) < 4.78 is 11.6. The molecule has 2 aliphatic rings. The second-order valence-corrected chi connectivity index (χ2v) is 6.14. The molecule has 1 aromatic rings. The van der Waals surface area contributed by atoms with Crippen molar-refractivity contribution in [3.05, 3.63) is 11.8 Å². The van der Waals surface area contributed by atoms with Crippen molar-refractivity contribution in [3.63, 3.8) is 0 Å². The van der Waals surface area contributed by atoms with Gasteiger partial charge in [0.25, 0.3) is 0 Å². The number of hydrogen-bond acceptors (Lipinski definition) is 5. The number of aryl methyl sites for hydroxylation is 1. The van der Waals surface area contributed by atoms with Crippen LogP contribution in [-0.4, -0.2) is 40.9 Å². The fraction of sp³-hybridized carbons (Fsp3) is 0.867. The molecule has 0 spiro atoms. The lowest BCUT2D eigenvalue weighted by Crippen LogP contribution is -2.47. The Morgan fingerprint density at radius 3 is 2.70 bits per heavy atom. The minimum absolute atomic E-state index is 0.186. The standard InChI is InChI=1S/C15H25N3O2/c1-11(15-17-16-12(2)20-15)18-8-9-19-14(10-18)13-6-4-3-5-7-13/h11,13-14H,3-10H2,1-2H3/t11-,14+/m0/s1. The lowest BCUT2D eigenvalue weighted by atomic mass is 9.84. The number of aromatic nitrogens is 2. The van der Waals surface area contributed by atoms with Crippen LogP contribution in [0.4, 0.5) is 0 Å². The van der Waals surface area contributed by atoms with Crippen molar-refractivity contribution in [3.8, 4) is 0 Å². The van der Waals surface area contributed by atoms with Crippen molar-refractivity contribution in [2.24, 2.45) is 5.92 Å². The Morgan fingerprint density at radius 1 is 1.20 bits per heavy atom. The van der Waals surface area contributed by atoms with Crippen molar-refractivity contribution in [2.45, 2.75) is 58.1 Å². The number of hydrogen-bond donors (Lipinski definition) is 0. The number of ether oxygens (including phenoxy) is 1. The highest BCUT2D eigenvalue weighted by molar-refractivity contribution is 4.91. The summed E-state index contributed by atoms with van der Waals surface area (Å²) in [5, 5.41) is 8.10. The van der Waals surface area contributed by atoms with Crippen LogP contribution in [0.2, 0.25) is 0 Å². The Kier molecular flexibility index (Phi) is 4.36. The van der Waals surface area contributed by atoms with Gasteiger partial charge in [0, 0.05) is 20.0 Å². The molecule has 0 radical (unpaired) electrons. The van der Waals surface area contributed by atoms with Gasteiger partial charge >= 0.3 is 0 Å². The van der Waals surface area contributed by atoms with Crippen molar-refractivity contribution in [1.82, 2.24) is 15.1 Å². The summed E-state index contributed by atoms with van der Waals surface area (Å²) in [6, 6.07) is 0.186. The van der Waals surface area contributed by atoms with E-state index in [0.29, 0.717) is 12.0 Å². The van der Waals surface area contributed by atoms with Crippen molar-refractivity contribution in [2.75, 3.05) is 19.7 Å². The van der Waals surface area contributed by atoms with E-state index in [-0.39, 0.29) is 6.04 Å². The van der Waals surface area contributed by atoms with Crippen LogP contribution in [0, 0.1) is 12.8 Å². The maximum atomic E-state index is 6.03. The Labute approximate surface area is 120 Å². The predicted octanol–water partition coefficient (Wildman–Crippen LogP) is 2.72. The average Bonchev–Trinajstić information content (AvgIpc) is 2.94. The van der Waals surface area contributed by atoms with Crippen LogP contribution in [0.3, 0.4) is 0 Å². The third-order valence-corrected chi connectivity index (χ3v) is 4.75. The fourth-order valence-corrected chi connectivity index (χ4v) is 3.48. The Hall–Kier alpha value is -0.940. The molecule has 1 aliphatic carbocycles. The first-order valence-electron chi connectivity index (χ1n) is 7.89. The van der Waals surface area contributed by atoms with E-state index in [0.717, 1.165) is 31.5 Å². The highest BCUT2D eigenvalue weighted by Crippen LogP contribution is 2.31. The Balaban J connectivity index is 1.62. The smallest absolute Gasteiger partial charge is 0.233 e. The molecule has 20 heavy (non-hydrogen) atoms. The number of nitrogens with zero attached hydrogens (tertiary/aromatic N) is 3. The van der Waals surface area contributed by atoms with Crippen LogP contribution in [0.15, 0.2) is 4.42 Å². The van der Waals surface area contributed by atoms with E-state index in [1.165, 1.54) is 32.1 Å². The summed E-state index contributed by atoms with van der Waals surface area (Å²) in [4.78, 5) is 2.43. The van der Waals surface area contributed by atoms with Gasteiger partial charge in [0.05, 0.1) is 18.8 Å². The van der Waals surface area contributed by atoms with E-state index in [2.05, 4.69) is 22.0 Å². The summed E-state index contributed by atoms with van der Waals surface area (Å²) in [6.07, 6.45) is 7.16. The molecule has 2 heterocycles. The van der Waals surface area contributed by atoms with Gasteiger partial charge in [0.2, 0.25) is 11.8 Å². The van der Waals surface area contributed by atoms with Crippen molar-refractivity contribution < 1.29 is 9.15 Å². The molecule has 0 unspecified atom stereocenters. The molecule has 1 saturated heterocycles. The Morgan fingerprint density at radius 2 is 2.00 bits per heavy atom. The molecule has 5 heteroatoms. The normalized spacial score (nSPS) is 27.6. The van der Waals surface area contributed by atoms with E-state index < -0.39 is 0 Å². The molecule has 1 aliphatic heterocycles. The molecular formula is C15H25N3O2. The third-order valence-electron chi connectivity index (χ3n) is 4.75. The molecule has 0 aromatic carbocycles. The first-order chi connectivity index (χ1) is 9.74. The van der Waals surface area contributed by atoms with Gasteiger partial charge < -0.3 is 9.15 Å². The summed E-state index contributed by atoms with van der Waals surface area (Å²) >= 11 is 0. The van der Waals surface area contributed by atoms with E-state index in [1.807, 2.05) is 6.92 Å². The molecular weight excluding hydrogens is 254 g/mol. The summed E-state index contributed by atoms with van der Waals surface area (Å²) in [5.41, 5.74) is 0. The maximum Gasteiger partial charge on any atom is 0.233 e. The topological polar surface area (TPSA) is 51.4 Å². The molecule has 0 bridgehead atoms. The zero-order valence-corrected chi connectivity index (χ0v) is 12.5. The third kappa shape index (κ3) is 3.04. The van der Waals surface area contributed by atoms with Crippen molar-refractivity contribution in [1.29, 1.82) is 0 Å². The van der Waals surface area contributed by atoms with Gasteiger partial charge in [-0.2, -0.15) is 0 Å². The lowest BCUT2D eigenvalue weighted by molar-refractivity contribution is -0.0772. The molecule has 0 N–H and O–H groups in total. The molecule has 5 nitrogen and oxygen atoms in total. The molecule has 3 rings (SSSR count). The molecule has 1 aromatic heterocycles. The van der Waals surface area contributed by atoms with Crippen LogP contribution in [0.25, 0.3) is 0 Å². The van der Waals surface area contributed by atoms with Gasteiger partial charge in [-0.15, -0.1) is 10.2 Å². The molecule has 2 fully saturated rings. The molecule has 1 saturated carbocycles. The SMILES string of the molecule is Cc1nnc([C@H](C)N2CCO[C@@H](C3CCCCC3)C2)o1. The lowest BCUT2D eigenvalue weighted by Gasteiger charge is -2.40. The summed E-state index contributed by atoms with van der Waals surface area (Å²) in [5.74, 6) is 2.11. The highest BCUT2D eigenvalue weighted by Gasteiger charge is 2.32. The fourth-order valence-electron chi connectivity index (χ4n) is 3.48. The van der Waals surface area contributed by atoms with E-state index in [4.69, 9.17) is 9.15 Å². The first kappa shape index (κ1) is 14.0. The van der Waals surface area contributed by atoms with Crippen molar-refractivity contribution >= 4 is 0 Å². The monoisotopic (exact) mass is 279 g/mol. The van der Waals surface area contributed by atoms with E-state index in [1.54, 1.807) is 0 Å².